The molecular formula is C16H27N3. The first-order valence-electron chi connectivity index (χ1n) is 7.66. The number of aryl methyl sites for hydroxylation is 1. The van der Waals surface area contributed by atoms with Gasteiger partial charge >= 0.3 is 0 Å². The van der Waals surface area contributed by atoms with Crippen molar-refractivity contribution in [1.29, 1.82) is 0 Å². The van der Waals surface area contributed by atoms with Gasteiger partial charge in [0, 0.05) is 25.3 Å². The lowest BCUT2D eigenvalue weighted by atomic mass is 9.95. The van der Waals surface area contributed by atoms with Crippen LogP contribution in [0.4, 0.5) is 5.82 Å². The third-order valence-corrected chi connectivity index (χ3v) is 4.00. The first-order chi connectivity index (χ1) is 9.22. The van der Waals surface area contributed by atoms with Crippen molar-refractivity contribution in [2.24, 2.45) is 5.92 Å². The van der Waals surface area contributed by atoms with Crippen LogP contribution in [0.2, 0.25) is 0 Å². The molecule has 2 rings (SSSR count). The number of pyridine rings is 1. The van der Waals surface area contributed by atoms with Crippen molar-refractivity contribution < 1.29 is 0 Å². The molecule has 1 atom stereocenters. The Kier molecular flexibility index (Phi) is 5.20. The van der Waals surface area contributed by atoms with Gasteiger partial charge in [0.25, 0.3) is 0 Å². The second kappa shape index (κ2) is 6.90. The van der Waals surface area contributed by atoms with Crippen LogP contribution in [0.3, 0.4) is 0 Å². The van der Waals surface area contributed by atoms with E-state index in [1.165, 1.54) is 37.2 Å². The molecule has 106 valence electrons. The van der Waals surface area contributed by atoms with E-state index in [1.54, 1.807) is 0 Å². The Bertz CT molecular complexity index is 403. The van der Waals surface area contributed by atoms with Gasteiger partial charge < -0.3 is 10.2 Å². The summed E-state index contributed by atoms with van der Waals surface area (Å²) in [5.41, 5.74) is 2.48. The standard InChI is InChI=1S/C16H27N3/c1-4-14-7-6-8-19(12-14)16-10-15(11-17-5-2)9-13(3)18-16/h9-10,14,17H,4-8,11-12H2,1-3H3. The molecule has 1 saturated heterocycles. The van der Waals surface area contributed by atoms with Crippen molar-refractivity contribution in [3.8, 4) is 0 Å². The molecule has 19 heavy (non-hydrogen) atoms. The maximum Gasteiger partial charge on any atom is 0.129 e. The van der Waals surface area contributed by atoms with Crippen LogP contribution in [0.25, 0.3) is 0 Å². The van der Waals surface area contributed by atoms with Crippen LogP contribution >= 0.6 is 0 Å². The Morgan fingerprint density at radius 2 is 2.21 bits per heavy atom. The number of hydrogen-bond donors (Lipinski definition) is 1. The van der Waals surface area contributed by atoms with Crippen molar-refractivity contribution in [3.63, 3.8) is 0 Å². The van der Waals surface area contributed by atoms with Gasteiger partial charge in [-0.15, -0.1) is 0 Å². The third-order valence-electron chi connectivity index (χ3n) is 4.00. The zero-order valence-electron chi connectivity index (χ0n) is 12.6. The smallest absolute Gasteiger partial charge is 0.129 e. The van der Waals surface area contributed by atoms with Crippen LogP contribution in [-0.2, 0) is 6.54 Å². The highest BCUT2D eigenvalue weighted by atomic mass is 15.2. The largest absolute Gasteiger partial charge is 0.356 e. The van der Waals surface area contributed by atoms with Crippen LogP contribution in [0, 0.1) is 12.8 Å². The van der Waals surface area contributed by atoms with E-state index >= 15 is 0 Å². The summed E-state index contributed by atoms with van der Waals surface area (Å²) in [6, 6.07) is 4.45. The van der Waals surface area contributed by atoms with E-state index in [4.69, 9.17) is 4.98 Å². The van der Waals surface area contributed by atoms with Crippen molar-refractivity contribution >= 4 is 5.82 Å². The van der Waals surface area contributed by atoms with Crippen LogP contribution in [0.5, 0.6) is 0 Å². The Labute approximate surface area is 117 Å². The van der Waals surface area contributed by atoms with Gasteiger partial charge in [-0.1, -0.05) is 20.3 Å². The van der Waals surface area contributed by atoms with Crippen molar-refractivity contribution in [3.05, 3.63) is 23.4 Å². The van der Waals surface area contributed by atoms with E-state index in [2.05, 4.69) is 43.1 Å². The van der Waals surface area contributed by atoms with E-state index in [-0.39, 0.29) is 0 Å². The fraction of sp³-hybridized carbons (Fsp3) is 0.688. The summed E-state index contributed by atoms with van der Waals surface area (Å²) in [4.78, 5) is 7.20. The predicted octanol–water partition coefficient (Wildman–Crippen LogP) is 3.13. The molecule has 3 nitrogen and oxygen atoms in total. The van der Waals surface area contributed by atoms with Crippen LogP contribution in [0.1, 0.15) is 44.4 Å². The van der Waals surface area contributed by atoms with Gasteiger partial charge in [0.15, 0.2) is 0 Å². The maximum atomic E-state index is 4.73. The topological polar surface area (TPSA) is 28.2 Å². The number of anilines is 1. The zero-order chi connectivity index (χ0) is 13.7. The van der Waals surface area contributed by atoms with Gasteiger partial charge in [-0.05, 0) is 49.9 Å². The van der Waals surface area contributed by atoms with E-state index in [0.717, 1.165) is 31.2 Å². The molecule has 0 saturated carbocycles. The summed E-state index contributed by atoms with van der Waals surface area (Å²) in [5, 5.41) is 3.40. The number of aromatic nitrogens is 1. The van der Waals surface area contributed by atoms with Gasteiger partial charge in [-0.2, -0.15) is 0 Å². The molecule has 1 aromatic rings. The highest BCUT2D eigenvalue weighted by molar-refractivity contribution is 5.43. The summed E-state index contributed by atoms with van der Waals surface area (Å²) in [6.45, 7) is 10.8. The zero-order valence-corrected chi connectivity index (χ0v) is 12.6. The van der Waals surface area contributed by atoms with E-state index in [0.29, 0.717) is 0 Å². The minimum absolute atomic E-state index is 0.841. The summed E-state index contributed by atoms with van der Waals surface area (Å²) < 4.78 is 0. The molecule has 0 amide bonds. The first-order valence-corrected chi connectivity index (χ1v) is 7.66. The van der Waals surface area contributed by atoms with Crippen LogP contribution < -0.4 is 10.2 Å². The molecule has 1 fully saturated rings. The molecule has 0 spiro atoms. The average molecular weight is 261 g/mol. The molecule has 3 heteroatoms. The SMILES string of the molecule is CCNCc1cc(C)nc(N2CCCC(CC)C2)c1. The van der Waals surface area contributed by atoms with Gasteiger partial charge in [0.05, 0.1) is 0 Å². The van der Waals surface area contributed by atoms with Crippen LogP contribution in [0.15, 0.2) is 12.1 Å². The lowest BCUT2D eigenvalue weighted by Gasteiger charge is -2.33. The highest BCUT2D eigenvalue weighted by Gasteiger charge is 2.19. The summed E-state index contributed by atoms with van der Waals surface area (Å²) in [6.07, 6.45) is 3.96. The third kappa shape index (κ3) is 3.93. The Hall–Kier alpha value is -1.09. The minimum Gasteiger partial charge on any atom is -0.356 e. The molecule has 1 N–H and O–H groups in total. The molecule has 2 heterocycles. The fourth-order valence-electron chi connectivity index (χ4n) is 2.86. The van der Waals surface area contributed by atoms with Gasteiger partial charge in [-0.25, -0.2) is 4.98 Å². The number of hydrogen-bond acceptors (Lipinski definition) is 3. The average Bonchev–Trinajstić information content (AvgIpc) is 2.44. The molecule has 0 radical (unpaired) electrons. The normalized spacial score (nSPS) is 19.7. The van der Waals surface area contributed by atoms with Crippen molar-refractivity contribution in [1.82, 2.24) is 10.3 Å². The summed E-state index contributed by atoms with van der Waals surface area (Å²) in [7, 11) is 0. The monoisotopic (exact) mass is 261 g/mol. The van der Waals surface area contributed by atoms with E-state index in [1.807, 2.05) is 0 Å². The second-order valence-corrected chi connectivity index (χ2v) is 5.62. The fourth-order valence-corrected chi connectivity index (χ4v) is 2.86. The minimum atomic E-state index is 0.841. The van der Waals surface area contributed by atoms with Gasteiger partial charge in [-0.3, -0.25) is 0 Å². The summed E-state index contributed by atoms with van der Waals surface area (Å²) in [5.74, 6) is 2.01. The van der Waals surface area contributed by atoms with Crippen molar-refractivity contribution in [2.45, 2.75) is 46.6 Å². The first kappa shape index (κ1) is 14.3. The lowest BCUT2D eigenvalue weighted by Crippen LogP contribution is -2.35. The van der Waals surface area contributed by atoms with E-state index < -0.39 is 0 Å². The molecular weight excluding hydrogens is 234 g/mol. The molecule has 1 aromatic heterocycles. The molecule has 0 aromatic carbocycles. The van der Waals surface area contributed by atoms with Crippen LogP contribution in [-0.4, -0.2) is 24.6 Å². The Balaban J connectivity index is 2.11. The molecule has 1 unspecified atom stereocenters. The molecule has 1 aliphatic rings. The van der Waals surface area contributed by atoms with E-state index in [9.17, 15) is 0 Å². The Morgan fingerprint density at radius 3 is 2.95 bits per heavy atom. The summed E-state index contributed by atoms with van der Waals surface area (Å²) >= 11 is 0. The molecule has 0 aliphatic carbocycles. The maximum absolute atomic E-state index is 4.73. The molecule has 1 aliphatic heterocycles. The number of nitrogens with one attached hydrogen (secondary N) is 1. The Morgan fingerprint density at radius 1 is 1.37 bits per heavy atom. The quantitative estimate of drug-likeness (QED) is 0.882. The number of rotatable bonds is 5. The second-order valence-electron chi connectivity index (χ2n) is 5.62. The number of nitrogens with zero attached hydrogens (tertiary/aromatic N) is 2. The lowest BCUT2D eigenvalue weighted by molar-refractivity contribution is 0.403. The van der Waals surface area contributed by atoms with Gasteiger partial charge in [0.2, 0.25) is 0 Å². The predicted molar refractivity (Wildman–Crippen MR) is 81.6 cm³/mol. The highest BCUT2D eigenvalue weighted by Crippen LogP contribution is 2.24. The number of piperidine rings is 1. The van der Waals surface area contributed by atoms with Gasteiger partial charge in [0.1, 0.15) is 5.82 Å². The van der Waals surface area contributed by atoms with Crippen molar-refractivity contribution in [2.75, 3.05) is 24.5 Å². The molecule has 0 bridgehead atoms.